The van der Waals surface area contributed by atoms with E-state index in [4.69, 9.17) is 17.4 Å². The van der Waals surface area contributed by atoms with Gasteiger partial charge < -0.3 is 11.6 Å². The van der Waals surface area contributed by atoms with Crippen LogP contribution in [-0.2, 0) is 6.54 Å². The highest BCUT2D eigenvalue weighted by Gasteiger charge is 2.21. The number of piperidine rings is 1. The third kappa shape index (κ3) is 6.55. The third-order valence-corrected chi connectivity index (χ3v) is 6.26. The summed E-state index contributed by atoms with van der Waals surface area (Å²) in [5, 5.41) is 5.12. The molecule has 186 valence electrons. The SMILES string of the molecule is C\C=C/C=C(\C(C)=C(/C)F)N(N)/C(=N\N)c1cc(-c2ccc(CN3CCCCC3)cc2)cnc1N. The molecule has 0 spiro atoms. The molecule has 2 aromatic rings. The van der Waals surface area contributed by atoms with Crippen molar-refractivity contribution < 1.29 is 4.39 Å². The molecule has 0 amide bonds. The van der Waals surface area contributed by atoms with Crippen molar-refractivity contribution in [2.45, 2.75) is 46.6 Å². The smallest absolute Gasteiger partial charge is 0.177 e. The van der Waals surface area contributed by atoms with Crippen LogP contribution in [0.15, 0.2) is 77.0 Å². The minimum absolute atomic E-state index is 0.176. The number of anilines is 1. The number of nitrogens with zero attached hydrogens (tertiary/aromatic N) is 4. The van der Waals surface area contributed by atoms with E-state index in [-0.39, 0.29) is 17.5 Å². The van der Waals surface area contributed by atoms with E-state index in [0.717, 1.165) is 30.8 Å². The lowest BCUT2D eigenvalue weighted by atomic mass is 10.0. The van der Waals surface area contributed by atoms with Crippen LogP contribution >= 0.6 is 0 Å². The van der Waals surface area contributed by atoms with Crippen molar-refractivity contribution in [3.05, 3.63) is 83.0 Å². The Balaban J connectivity index is 1.90. The first-order valence-electron chi connectivity index (χ1n) is 11.9. The summed E-state index contributed by atoms with van der Waals surface area (Å²) >= 11 is 0. The Morgan fingerprint density at radius 3 is 2.43 bits per heavy atom. The van der Waals surface area contributed by atoms with E-state index >= 15 is 0 Å². The number of nitrogens with two attached hydrogens (primary N) is 3. The van der Waals surface area contributed by atoms with Gasteiger partial charge in [0.15, 0.2) is 5.84 Å². The molecule has 7 nitrogen and oxygen atoms in total. The van der Waals surface area contributed by atoms with Gasteiger partial charge >= 0.3 is 0 Å². The first-order chi connectivity index (χ1) is 16.8. The maximum atomic E-state index is 14.1. The molecule has 0 saturated carbocycles. The van der Waals surface area contributed by atoms with Crippen LogP contribution in [0.3, 0.4) is 0 Å². The second-order valence-corrected chi connectivity index (χ2v) is 8.75. The van der Waals surface area contributed by atoms with Gasteiger partial charge in [0.2, 0.25) is 0 Å². The lowest BCUT2D eigenvalue weighted by molar-refractivity contribution is 0.221. The molecule has 3 rings (SSSR count). The number of likely N-dealkylation sites (tertiary alicyclic amines) is 1. The van der Waals surface area contributed by atoms with Gasteiger partial charge in [-0.15, -0.1) is 0 Å². The maximum absolute atomic E-state index is 14.1. The molecule has 6 N–H and O–H groups in total. The van der Waals surface area contributed by atoms with E-state index < -0.39 is 0 Å². The average molecular weight is 478 g/mol. The second-order valence-electron chi connectivity index (χ2n) is 8.75. The van der Waals surface area contributed by atoms with Crippen molar-refractivity contribution in [1.82, 2.24) is 14.9 Å². The van der Waals surface area contributed by atoms with Crippen LogP contribution in [0.5, 0.6) is 0 Å². The summed E-state index contributed by atoms with van der Waals surface area (Å²) in [5.74, 6) is 12.2. The molecular weight excluding hydrogens is 441 g/mol. The number of aromatic nitrogens is 1. The number of rotatable bonds is 7. The molecular formula is C27H36FN7. The number of hydrogen-bond acceptors (Lipinski definition) is 6. The molecule has 1 aliphatic rings. The summed E-state index contributed by atoms with van der Waals surface area (Å²) < 4.78 is 14.1. The van der Waals surface area contributed by atoms with Gasteiger partial charge in [-0.3, -0.25) is 9.91 Å². The number of hydrazone groups is 1. The molecule has 1 saturated heterocycles. The topological polar surface area (TPSA) is 110 Å². The van der Waals surface area contributed by atoms with Crippen LogP contribution in [-0.4, -0.2) is 33.8 Å². The Kier molecular flexibility index (Phi) is 9.17. The van der Waals surface area contributed by atoms with Crippen molar-refractivity contribution in [1.29, 1.82) is 0 Å². The van der Waals surface area contributed by atoms with Crippen molar-refractivity contribution in [3.8, 4) is 11.1 Å². The average Bonchev–Trinajstić information content (AvgIpc) is 2.86. The monoisotopic (exact) mass is 477 g/mol. The minimum atomic E-state index is -0.364. The standard InChI is InChI=1S/C27H36FN7/c1-4-5-9-25(19(2)20(3)28)35(31)27(33-30)24-16-23(17-32-26(24)29)22-12-10-21(11-13-22)18-34-14-7-6-8-15-34/h4-5,9-13,16-17H,6-8,14-15,18,30-31H2,1-3H3,(H2,29,32)/b5-4-,20-19+,25-9+,33-27-. The fourth-order valence-electron chi connectivity index (χ4n) is 4.12. The number of allylic oxidation sites excluding steroid dienone is 5. The lowest BCUT2D eigenvalue weighted by Crippen LogP contribution is -2.39. The molecule has 0 bridgehead atoms. The van der Waals surface area contributed by atoms with Gasteiger partial charge in [0.1, 0.15) is 11.6 Å². The van der Waals surface area contributed by atoms with E-state index in [1.165, 1.54) is 36.8 Å². The fraction of sp³-hybridized carbons (Fsp3) is 0.333. The Bertz CT molecular complexity index is 1120. The molecule has 0 unspecified atom stereocenters. The molecule has 1 fully saturated rings. The number of hydrazine groups is 1. The Labute approximate surface area is 207 Å². The molecule has 2 heterocycles. The Hall–Kier alpha value is -3.49. The third-order valence-electron chi connectivity index (χ3n) is 6.26. The zero-order valence-corrected chi connectivity index (χ0v) is 20.8. The van der Waals surface area contributed by atoms with Crippen LogP contribution in [0.25, 0.3) is 11.1 Å². The predicted molar refractivity (Wildman–Crippen MR) is 142 cm³/mol. The van der Waals surface area contributed by atoms with Crippen LogP contribution in [0.4, 0.5) is 10.2 Å². The van der Waals surface area contributed by atoms with Crippen molar-refractivity contribution >= 4 is 11.7 Å². The Morgan fingerprint density at radius 1 is 1.14 bits per heavy atom. The fourth-order valence-corrected chi connectivity index (χ4v) is 4.12. The van der Waals surface area contributed by atoms with Gasteiger partial charge in [-0.25, -0.2) is 15.2 Å². The number of nitrogen functional groups attached to an aromatic ring is 1. The molecule has 1 aromatic heterocycles. The first-order valence-corrected chi connectivity index (χ1v) is 11.9. The molecule has 35 heavy (non-hydrogen) atoms. The summed E-state index contributed by atoms with van der Waals surface area (Å²) in [5.41, 5.74) is 10.5. The van der Waals surface area contributed by atoms with Crippen LogP contribution in [0, 0.1) is 0 Å². The number of halogens is 1. The number of pyridine rings is 1. The van der Waals surface area contributed by atoms with E-state index in [1.807, 2.05) is 19.1 Å². The van der Waals surface area contributed by atoms with Gasteiger partial charge in [-0.05, 0) is 70.0 Å². The van der Waals surface area contributed by atoms with Gasteiger partial charge in [0.25, 0.3) is 0 Å². The van der Waals surface area contributed by atoms with E-state index in [0.29, 0.717) is 16.8 Å². The highest BCUT2D eigenvalue weighted by Crippen LogP contribution is 2.26. The summed E-state index contributed by atoms with van der Waals surface area (Å²) in [7, 11) is 0. The van der Waals surface area contributed by atoms with Gasteiger partial charge in [0, 0.05) is 23.9 Å². The molecule has 0 atom stereocenters. The number of amidine groups is 1. The van der Waals surface area contributed by atoms with Crippen molar-refractivity contribution in [2.75, 3.05) is 18.8 Å². The summed E-state index contributed by atoms with van der Waals surface area (Å²) in [6, 6.07) is 10.3. The lowest BCUT2D eigenvalue weighted by Gasteiger charge is -2.26. The molecule has 8 heteroatoms. The van der Waals surface area contributed by atoms with Gasteiger partial charge in [0.05, 0.1) is 11.3 Å². The molecule has 1 aliphatic heterocycles. The van der Waals surface area contributed by atoms with Gasteiger partial charge in [-0.1, -0.05) is 42.8 Å². The highest BCUT2D eigenvalue weighted by molar-refractivity contribution is 6.04. The number of benzene rings is 1. The zero-order chi connectivity index (χ0) is 25.4. The Morgan fingerprint density at radius 2 is 1.83 bits per heavy atom. The predicted octanol–water partition coefficient (Wildman–Crippen LogP) is 4.84. The highest BCUT2D eigenvalue weighted by atomic mass is 19.1. The summed E-state index contributed by atoms with van der Waals surface area (Å²) in [4.78, 5) is 6.85. The van der Waals surface area contributed by atoms with Gasteiger partial charge in [-0.2, -0.15) is 5.10 Å². The largest absolute Gasteiger partial charge is 0.383 e. The number of hydrogen-bond donors (Lipinski definition) is 3. The van der Waals surface area contributed by atoms with Crippen molar-refractivity contribution in [3.63, 3.8) is 0 Å². The summed E-state index contributed by atoms with van der Waals surface area (Å²) in [6.45, 7) is 8.15. The molecule has 0 aliphatic carbocycles. The van der Waals surface area contributed by atoms with E-state index in [2.05, 4.69) is 39.3 Å². The van der Waals surface area contributed by atoms with Crippen LogP contribution < -0.4 is 17.4 Å². The molecule has 0 radical (unpaired) electrons. The molecule has 1 aromatic carbocycles. The van der Waals surface area contributed by atoms with E-state index in [9.17, 15) is 4.39 Å². The van der Waals surface area contributed by atoms with E-state index in [1.54, 1.807) is 25.3 Å². The van der Waals surface area contributed by atoms with Crippen LogP contribution in [0.2, 0.25) is 0 Å². The maximum Gasteiger partial charge on any atom is 0.177 e. The zero-order valence-electron chi connectivity index (χ0n) is 20.8. The van der Waals surface area contributed by atoms with Crippen molar-refractivity contribution in [2.24, 2.45) is 16.8 Å². The minimum Gasteiger partial charge on any atom is -0.383 e. The normalized spacial score (nSPS) is 16.5. The second kappa shape index (κ2) is 12.3. The first kappa shape index (κ1) is 26.1. The van der Waals surface area contributed by atoms with Crippen LogP contribution in [0.1, 0.15) is 51.2 Å². The summed E-state index contributed by atoms with van der Waals surface area (Å²) in [6.07, 6.45) is 10.9. The quantitative estimate of drug-likeness (QED) is 0.173.